The number of carbonyl (C=O) groups excluding carboxylic acids is 1. The van der Waals surface area contributed by atoms with Crippen LogP contribution in [-0.2, 0) is 0 Å². The van der Waals surface area contributed by atoms with Gasteiger partial charge in [-0.1, -0.05) is 34.1 Å². The van der Waals surface area contributed by atoms with Crippen molar-refractivity contribution >= 4 is 38.6 Å². The van der Waals surface area contributed by atoms with Gasteiger partial charge in [-0.05, 0) is 55.0 Å². The lowest BCUT2D eigenvalue weighted by atomic mass is 9.98. The first kappa shape index (κ1) is 18.6. The number of aromatic hydroxyl groups is 1. The molecule has 3 heterocycles. The van der Waals surface area contributed by atoms with E-state index in [1.54, 1.807) is 48.5 Å². The number of benzene rings is 2. The summed E-state index contributed by atoms with van der Waals surface area (Å²) in [5.74, 6) is -0.00677. The van der Waals surface area contributed by atoms with E-state index in [1.165, 1.54) is 11.0 Å². The van der Waals surface area contributed by atoms with E-state index in [0.29, 0.717) is 22.4 Å². The average molecular weight is 463 g/mol. The van der Waals surface area contributed by atoms with Crippen LogP contribution in [-0.4, -0.2) is 16.0 Å². The minimum absolute atomic E-state index is 0.00790. The maximum Gasteiger partial charge on any atom is 0.296 e. The number of hydrogen-bond donors (Lipinski definition) is 1. The monoisotopic (exact) mass is 462 g/mol. The second-order valence-electron chi connectivity index (χ2n) is 7.12. The molecule has 1 atom stereocenters. The molecule has 0 saturated carbocycles. The van der Waals surface area contributed by atoms with E-state index < -0.39 is 11.9 Å². The van der Waals surface area contributed by atoms with Crippen LogP contribution in [0.25, 0.3) is 11.0 Å². The second kappa shape index (κ2) is 6.81. The van der Waals surface area contributed by atoms with Crippen LogP contribution in [0.4, 0.5) is 5.82 Å². The van der Waals surface area contributed by atoms with Gasteiger partial charge in [0.1, 0.15) is 17.2 Å². The number of pyridine rings is 1. The van der Waals surface area contributed by atoms with Gasteiger partial charge in [0.05, 0.1) is 17.0 Å². The predicted molar refractivity (Wildman–Crippen MR) is 116 cm³/mol. The van der Waals surface area contributed by atoms with Gasteiger partial charge >= 0.3 is 0 Å². The lowest BCUT2D eigenvalue weighted by molar-refractivity contribution is 0.0970. The highest BCUT2D eigenvalue weighted by Gasteiger charge is 2.44. The van der Waals surface area contributed by atoms with Crippen LogP contribution in [0.3, 0.4) is 0 Å². The van der Waals surface area contributed by atoms with E-state index in [9.17, 15) is 14.7 Å². The molecule has 1 aliphatic rings. The molecule has 4 aromatic rings. The van der Waals surface area contributed by atoms with Gasteiger partial charge < -0.3 is 9.52 Å². The Hall–Kier alpha value is -3.45. The van der Waals surface area contributed by atoms with Crippen LogP contribution in [0.2, 0.25) is 0 Å². The Kier molecular flexibility index (Phi) is 4.22. The topological polar surface area (TPSA) is 83.6 Å². The molecule has 6 nitrogen and oxygen atoms in total. The Morgan fingerprint density at radius 3 is 2.63 bits per heavy atom. The Balaban J connectivity index is 1.84. The van der Waals surface area contributed by atoms with Crippen molar-refractivity contribution in [3.63, 3.8) is 0 Å². The molecule has 5 rings (SSSR count). The number of nitrogens with zero attached hydrogens (tertiary/aromatic N) is 2. The third-order valence-corrected chi connectivity index (χ3v) is 5.63. The first-order chi connectivity index (χ1) is 14.4. The molecule has 1 N–H and O–H groups in total. The van der Waals surface area contributed by atoms with Crippen LogP contribution < -0.4 is 10.3 Å². The molecular weight excluding hydrogens is 448 g/mol. The summed E-state index contributed by atoms with van der Waals surface area (Å²) in [6.45, 7) is 1.83. The van der Waals surface area contributed by atoms with Crippen molar-refractivity contribution in [2.24, 2.45) is 0 Å². The number of halogens is 1. The number of aryl methyl sites for hydroxylation is 1. The summed E-state index contributed by atoms with van der Waals surface area (Å²) in [6, 6.07) is 16.2. The predicted octanol–water partition coefficient (Wildman–Crippen LogP) is 4.71. The molecule has 0 aliphatic carbocycles. The van der Waals surface area contributed by atoms with E-state index in [2.05, 4.69) is 20.9 Å². The zero-order valence-electron chi connectivity index (χ0n) is 15.8. The summed E-state index contributed by atoms with van der Waals surface area (Å²) in [6.07, 6.45) is 0. The van der Waals surface area contributed by atoms with Crippen molar-refractivity contribution in [3.8, 4) is 5.75 Å². The smallest absolute Gasteiger partial charge is 0.296 e. The summed E-state index contributed by atoms with van der Waals surface area (Å²) in [5, 5.41) is 10.4. The van der Waals surface area contributed by atoms with Crippen molar-refractivity contribution in [1.29, 1.82) is 0 Å². The van der Waals surface area contributed by atoms with Gasteiger partial charge in [0.25, 0.3) is 5.91 Å². The van der Waals surface area contributed by atoms with Crippen molar-refractivity contribution < 1.29 is 14.3 Å². The van der Waals surface area contributed by atoms with Crippen molar-refractivity contribution in [2.45, 2.75) is 13.0 Å². The standard InChI is InChI=1S/C23H15BrN2O4/c1-12-4-2-7-18(25-12)26-20(13-5-3-6-15(27)10-13)19-21(28)16-11-14(24)8-9-17(16)30-22(19)23(26)29/h2-11,20,27H,1H3. The van der Waals surface area contributed by atoms with Gasteiger partial charge in [-0.15, -0.1) is 0 Å². The maximum atomic E-state index is 13.5. The molecule has 0 radical (unpaired) electrons. The fraction of sp³-hybridized carbons (Fsp3) is 0.0870. The highest BCUT2D eigenvalue weighted by Crippen LogP contribution is 2.41. The molecule has 0 fully saturated rings. The molecule has 1 unspecified atom stereocenters. The Morgan fingerprint density at radius 2 is 1.87 bits per heavy atom. The highest BCUT2D eigenvalue weighted by atomic mass is 79.9. The number of rotatable bonds is 2. The first-order valence-corrected chi connectivity index (χ1v) is 10.1. The van der Waals surface area contributed by atoms with Crippen LogP contribution >= 0.6 is 15.9 Å². The summed E-state index contributed by atoms with van der Waals surface area (Å²) < 4.78 is 6.65. The summed E-state index contributed by atoms with van der Waals surface area (Å²) in [4.78, 5) is 32.9. The molecule has 0 saturated heterocycles. The van der Waals surface area contributed by atoms with E-state index in [-0.39, 0.29) is 22.5 Å². The number of hydrogen-bond acceptors (Lipinski definition) is 5. The van der Waals surface area contributed by atoms with Crippen LogP contribution in [0, 0.1) is 6.92 Å². The third kappa shape index (κ3) is 2.81. The zero-order chi connectivity index (χ0) is 21.0. The third-order valence-electron chi connectivity index (χ3n) is 5.14. The fourth-order valence-corrected chi connectivity index (χ4v) is 4.22. The van der Waals surface area contributed by atoms with Crippen LogP contribution in [0.1, 0.15) is 33.4 Å². The van der Waals surface area contributed by atoms with Crippen molar-refractivity contribution in [3.05, 3.63) is 97.9 Å². The zero-order valence-corrected chi connectivity index (χ0v) is 17.4. The van der Waals surface area contributed by atoms with Crippen molar-refractivity contribution in [2.75, 3.05) is 4.90 Å². The highest BCUT2D eigenvalue weighted by molar-refractivity contribution is 9.10. The van der Waals surface area contributed by atoms with Crippen molar-refractivity contribution in [1.82, 2.24) is 4.98 Å². The van der Waals surface area contributed by atoms with Crippen LogP contribution in [0.5, 0.6) is 5.75 Å². The van der Waals surface area contributed by atoms with Gasteiger partial charge in [0.2, 0.25) is 5.76 Å². The molecule has 7 heteroatoms. The average Bonchev–Trinajstić information content (AvgIpc) is 3.01. The molecule has 1 amide bonds. The van der Waals surface area contributed by atoms with E-state index in [4.69, 9.17) is 4.42 Å². The van der Waals surface area contributed by atoms with Crippen LogP contribution in [0.15, 0.2) is 74.3 Å². The molecule has 0 bridgehead atoms. The molecule has 2 aromatic heterocycles. The maximum absolute atomic E-state index is 13.5. The lowest BCUT2D eigenvalue weighted by Crippen LogP contribution is -2.30. The number of aromatic nitrogens is 1. The molecule has 148 valence electrons. The minimum Gasteiger partial charge on any atom is -0.508 e. The fourth-order valence-electron chi connectivity index (χ4n) is 3.85. The number of amides is 1. The van der Waals surface area contributed by atoms with Gasteiger partial charge in [0, 0.05) is 10.2 Å². The molecule has 2 aromatic carbocycles. The van der Waals surface area contributed by atoms with Gasteiger partial charge in [-0.2, -0.15) is 0 Å². The molecule has 30 heavy (non-hydrogen) atoms. The Labute approximate surface area is 179 Å². The summed E-state index contributed by atoms with van der Waals surface area (Å²) >= 11 is 3.38. The minimum atomic E-state index is -0.770. The number of fused-ring (bicyclic) bond motifs is 2. The second-order valence-corrected chi connectivity index (χ2v) is 8.04. The number of phenolic OH excluding ortho intramolecular Hbond substituents is 1. The van der Waals surface area contributed by atoms with Gasteiger partial charge in [-0.3, -0.25) is 14.5 Å². The SMILES string of the molecule is Cc1cccc(N2C(=O)c3oc4ccc(Br)cc4c(=O)c3C2c2cccc(O)c2)n1. The quantitative estimate of drug-likeness (QED) is 0.466. The summed E-state index contributed by atoms with van der Waals surface area (Å²) in [5.41, 5.74) is 1.61. The Morgan fingerprint density at radius 1 is 1.07 bits per heavy atom. The lowest BCUT2D eigenvalue weighted by Gasteiger charge is -2.24. The summed E-state index contributed by atoms with van der Waals surface area (Å²) in [7, 11) is 0. The van der Waals surface area contributed by atoms with E-state index in [0.717, 1.165) is 10.2 Å². The largest absolute Gasteiger partial charge is 0.508 e. The Bertz CT molecular complexity index is 1400. The normalized spacial score (nSPS) is 15.6. The van der Waals surface area contributed by atoms with Gasteiger partial charge in [0.15, 0.2) is 5.43 Å². The number of carbonyl (C=O) groups is 1. The van der Waals surface area contributed by atoms with E-state index in [1.807, 2.05) is 13.0 Å². The molecular formula is C23H15BrN2O4. The first-order valence-electron chi connectivity index (χ1n) is 9.26. The molecule has 1 aliphatic heterocycles. The van der Waals surface area contributed by atoms with E-state index >= 15 is 0 Å². The van der Waals surface area contributed by atoms with Gasteiger partial charge in [-0.25, -0.2) is 4.98 Å². The number of anilines is 1. The molecule has 0 spiro atoms. The number of phenols is 1.